The lowest BCUT2D eigenvalue weighted by Gasteiger charge is -2.08. The third-order valence-electron chi connectivity index (χ3n) is 3.91. The van der Waals surface area contributed by atoms with Gasteiger partial charge in [-0.15, -0.1) is 0 Å². The summed E-state index contributed by atoms with van der Waals surface area (Å²) >= 11 is 4.97. The van der Waals surface area contributed by atoms with E-state index in [1.54, 1.807) is 6.08 Å². The van der Waals surface area contributed by atoms with Crippen molar-refractivity contribution in [3.63, 3.8) is 0 Å². The molecule has 6 nitrogen and oxygen atoms in total. The van der Waals surface area contributed by atoms with E-state index in [0.29, 0.717) is 12.3 Å². The van der Waals surface area contributed by atoms with Crippen LogP contribution in [0.4, 0.5) is 0 Å². The number of esters is 1. The van der Waals surface area contributed by atoms with Crippen LogP contribution < -0.4 is 10.3 Å². The van der Waals surface area contributed by atoms with E-state index in [1.165, 1.54) is 26.0 Å². The van der Waals surface area contributed by atoms with Crippen LogP contribution in [0, 0.1) is 4.77 Å². The lowest BCUT2D eigenvalue weighted by Crippen LogP contribution is -2.12. The fourth-order valence-corrected chi connectivity index (χ4v) is 2.73. The van der Waals surface area contributed by atoms with Crippen LogP contribution in [0.5, 0.6) is 5.75 Å². The molecule has 0 aliphatic rings. The second-order valence-corrected chi connectivity index (χ2v) is 6.44. The summed E-state index contributed by atoms with van der Waals surface area (Å²) in [5.74, 6) is 0.210. The average molecular weight is 388 g/mol. The summed E-state index contributed by atoms with van der Waals surface area (Å²) in [6, 6.07) is 8.64. The zero-order valence-electron chi connectivity index (χ0n) is 15.5. The van der Waals surface area contributed by atoms with Crippen molar-refractivity contribution >= 4 is 29.8 Å². The first-order valence-corrected chi connectivity index (χ1v) is 9.31. The lowest BCUT2D eigenvalue weighted by molar-refractivity contribution is -0.133. The smallest absolute Gasteiger partial charge is 0.339 e. The highest BCUT2D eigenvalue weighted by molar-refractivity contribution is 7.71. The van der Waals surface area contributed by atoms with Gasteiger partial charge < -0.3 is 14.5 Å². The maximum absolute atomic E-state index is 12.2. The van der Waals surface area contributed by atoms with Crippen LogP contribution in [0.3, 0.4) is 0 Å². The molecule has 1 heterocycles. The molecule has 1 aromatic carbocycles. The molecule has 1 aromatic heterocycles. The molecular formula is C20H24N2O4S. The zero-order valence-corrected chi connectivity index (χ0v) is 16.4. The summed E-state index contributed by atoms with van der Waals surface area (Å²) in [4.78, 5) is 29.0. The maximum Gasteiger partial charge on any atom is 0.339 e. The van der Waals surface area contributed by atoms with Crippen LogP contribution in [0.1, 0.15) is 43.9 Å². The van der Waals surface area contributed by atoms with E-state index in [-0.39, 0.29) is 10.3 Å². The summed E-state index contributed by atoms with van der Waals surface area (Å²) in [5.41, 5.74) is 0.887. The van der Waals surface area contributed by atoms with Gasteiger partial charge >= 0.3 is 5.97 Å². The van der Waals surface area contributed by atoms with Crippen LogP contribution >= 0.6 is 12.2 Å². The number of carbonyl (C=O) groups excluding carboxylic acids is 1. The monoisotopic (exact) mass is 388 g/mol. The Morgan fingerprint density at radius 3 is 2.52 bits per heavy atom. The number of carbonyl (C=O) groups is 1. The molecule has 2 aromatic rings. The minimum Gasteiger partial charge on any atom is -0.494 e. The number of ether oxygens (including phenoxy) is 2. The van der Waals surface area contributed by atoms with E-state index in [9.17, 15) is 9.59 Å². The van der Waals surface area contributed by atoms with Crippen molar-refractivity contribution in [2.75, 3.05) is 13.7 Å². The minimum absolute atomic E-state index is 0.138. The van der Waals surface area contributed by atoms with Crippen molar-refractivity contribution in [2.45, 2.75) is 32.6 Å². The third-order valence-corrected chi connectivity index (χ3v) is 4.12. The van der Waals surface area contributed by atoms with E-state index in [2.05, 4.69) is 16.9 Å². The fraction of sp³-hybridized carbons (Fsp3) is 0.350. The molecular weight excluding hydrogens is 364 g/mol. The van der Waals surface area contributed by atoms with Crippen molar-refractivity contribution in [3.05, 3.63) is 56.7 Å². The number of nitrogens with one attached hydrogen (secondary N) is 2. The molecule has 0 saturated heterocycles. The molecule has 2 N–H and O–H groups in total. The van der Waals surface area contributed by atoms with Gasteiger partial charge in [0.05, 0.1) is 25.0 Å². The van der Waals surface area contributed by atoms with Crippen LogP contribution in [0.25, 0.3) is 11.6 Å². The van der Waals surface area contributed by atoms with Gasteiger partial charge in [0.1, 0.15) is 5.75 Å². The molecule has 2 rings (SSSR count). The molecule has 0 aliphatic carbocycles. The number of benzene rings is 1. The van der Waals surface area contributed by atoms with Crippen molar-refractivity contribution in [3.8, 4) is 5.75 Å². The van der Waals surface area contributed by atoms with Gasteiger partial charge in [0.2, 0.25) is 0 Å². The Balaban J connectivity index is 2.18. The molecule has 0 bridgehead atoms. The highest BCUT2D eigenvalue weighted by Crippen LogP contribution is 2.19. The quantitative estimate of drug-likeness (QED) is 0.292. The second-order valence-electron chi connectivity index (χ2n) is 6.03. The van der Waals surface area contributed by atoms with Crippen molar-refractivity contribution in [1.82, 2.24) is 9.97 Å². The van der Waals surface area contributed by atoms with Gasteiger partial charge in [-0.1, -0.05) is 38.3 Å². The molecule has 7 heteroatoms. The molecule has 0 unspecified atom stereocenters. The predicted octanol–water partition coefficient (Wildman–Crippen LogP) is 4.11. The Morgan fingerprint density at radius 1 is 1.15 bits per heavy atom. The van der Waals surface area contributed by atoms with Crippen LogP contribution in [-0.4, -0.2) is 29.7 Å². The molecule has 0 fully saturated rings. The molecule has 144 valence electrons. The average Bonchev–Trinajstić information content (AvgIpc) is 2.65. The fourth-order valence-electron chi connectivity index (χ4n) is 2.52. The van der Waals surface area contributed by atoms with E-state index < -0.39 is 11.5 Å². The topological polar surface area (TPSA) is 84.2 Å². The number of aromatic amines is 2. The Morgan fingerprint density at radius 2 is 1.89 bits per heavy atom. The number of hydrogen-bond acceptors (Lipinski definition) is 5. The molecule has 0 aliphatic heterocycles. The van der Waals surface area contributed by atoms with Gasteiger partial charge in [-0.3, -0.25) is 9.78 Å². The van der Waals surface area contributed by atoms with Crippen molar-refractivity contribution in [2.24, 2.45) is 0 Å². The van der Waals surface area contributed by atoms with E-state index in [0.717, 1.165) is 24.2 Å². The SMILES string of the molecule is CCCCCCOc1ccc(C=C(C(=O)OC)c2cc(=O)[nH]c(=S)[nH]2)cc1. The Kier molecular flexibility index (Phi) is 8.00. The number of rotatable bonds is 9. The number of methoxy groups -OCH3 is 1. The van der Waals surface area contributed by atoms with Gasteiger partial charge in [-0.2, -0.15) is 0 Å². The zero-order chi connectivity index (χ0) is 19.6. The van der Waals surface area contributed by atoms with Gasteiger partial charge in [0, 0.05) is 6.07 Å². The molecule has 0 spiro atoms. The van der Waals surface area contributed by atoms with E-state index >= 15 is 0 Å². The minimum atomic E-state index is -0.567. The second kappa shape index (κ2) is 10.5. The summed E-state index contributed by atoms with van der Waals surface area (Å²) < 4.78 is 10.7. The van der Waals surface area contributed by atoms with Crippen LogP contribution in [0.2, 0.25) is 0 Å². The Labute approximate surface area is 163 Å². The highest BCUT2D eigenvalue weighted by Gasteiger charge is 2.14. The highest BCUT2D eigenvalue weighted by atomic mass is 32.1. The molecule has 0 atom stereocenters. The number of hydrogen-bond donors (Lipinski definition) is 2. The van der Waals surface area contributed by atoms with E-state index in [1.807, 2.05) is 24.3 Å². The number of H-pyrrole nitrogens is 2. The van der Waals surface area contributed by atoms with Crippen molar-refractivity contribution in [1.29, 1.82) is 0 Å². The van der Waals surface area contributed by atoms with Crippen LogP contribution in [-0.2, 0) is 9.53 Å². The maximum atomic E-state index is 12.2. The van der Waals surface area contributed by atoms with Crippen molar-refractivity contribution < 1.29 is 14.3 Å². The van der Waals surface area contributed by atoms with Gasteiger partial charge in [0.25, 0.3) is 5.56 Å². The largest absolute Gasteiger partial charge is 0.494 e. The predicted molar refractivity (Wildman–Crippen MR) is 108 cm³/mol. The Hall–Kier alpha value is -2.67. The Bertz CT molecular complexity index is 869. The molecule has 0 amide bonds. The molecule has 0 saturated carbocycles. The summed E-state index contributed by atoms with van der Waals surface area (Å²) in [6.07, 6.45) is 6.24. The lowest BCUT2D eigenvalue weighted by atomic mass is 10.1. The first kappa shape index (κ1) is 20.6. The summed E-state index contributed by atoms with van der Waals surface area (Å²) in [7, 11) is 1.29. The standard InChI is InChI=1S/C20H24N2O4S/c1-3-4-5-6-11-26-15-9-7-14(8-10-15)12-16(19(24)25-2)17-13-18(23)22-20(27)21-17/h7-10,12-13H,3-6,11H2,1-2H3,(H2,21,22,23,27). The first-order chi connectivity index (χ1) is 13.0. The van der Waals surface area contributed by atoms with Crippen LogP contribution in [0.15, 0.2) is 35.1 Å². The normalized spacial score (nSPS) is 11.3. The molecule has 0 radical (unpaired) electrons. The summed E-state index contributed by atoms with van der Waals surface area (Å²) in [6.45, 7) is 2.86. The number of unbranched alkanes of at least 4 members (excludes halogenated alkanes) is 3. The molecule has 27 heavy (non-hydrogen) atoms. The van der Waals surface area contributed by atoms with Gasteiger partial charge in [-0.25, -0.2) is 4.79 Å². The van der Waals surface area contributed by atoms with Gasteiger partial charge in [0.15, 0.2) is 4.77 Å². The summed E-state index contributed by atoms with van der Waals surface area (Å²) in [5, 5.41) is 0. The first-order valence-electron chi connectivity index (χ1n) is 8.90. The third kappa shape index (κ3) is 6.53. The van der Waals surface area contributed by atoms with Gasteiger partial charge in [-0.05, 0) is 42.4 Å². The number of aromatic nitrogens is 2. The van der Waals surface area contributed by atoms with E-state index in [4.69, 9.17) is 21.7 Å².